The Morgan fingerprint density at radius 2 is 2.21 bits per heavy atom. The van der Waals surface area contributed by atoms with E-state index in [9.17, 15) is 4.39 Å². The first-order valence-electron chi connectivity index (χ1n) is 4.45. The molecule has 0 unspecified atom stereocenters. The Bertz CT molecular complexity index is 368. The second-order valence-electron chi connectivity index (χ2n) is 2.95. The molecule has 2 nitrogen and oxygen atoms in total. The first kappa shape index (κ1) is 10.5. The van der Waals surface area contributed by atoms with Crippen LogP contribution >= 0.6 is 0 Å². The number of nitrogens with zero attached hydrogens (tertiary/aromatic N) is 1. The van der Waals surface area contributed by atoms with E-state index in [1.165, 1.54) is 13.2 Å². The summed E-state index contributed by atoms with van der Waals surface area (Å²) in [6.45, 7) is 1.87. The van der Waals surface area contributed by atoms with E-state index in [-0.39, 0.29) is 12.2 Å². The van der Waals surface area contributed by atoms with Crippen LogP contribution < -0.4 is 4.74 Å². The summed E-state index contributed by atoms with van der Waals surface area (Å²) in [7, 11) is 1.50. The summed E-state index contributed by atoms with van der Waals surface area (Å²) in [5.74, 6) is 0.231. The first-order valence-corrected chi connectivity index (χ1v) is 4.45. The van der Waals surface area contributed by atoms with Crippen molar-refractivity contribution in [3.8, 4) is 11.8 Å². The molecule has 0 fully saturated rings. The highest BCUT2D eigenvalue weighted by atomic mass is 19.1. The van der Waals surface area contributed by atoms with E-state index >= 15 is 0 Å². The first-order chi connectivity index (χ1) is 6.72. The van der Waals surface area contributed by atoms with Crippen molar-refractivity contribution in [1.82, 2.24) is 0 Å². The second-order valence-corrected chi connectivity index (χ2v) is 2.95. The van der Waals surface area contributed by atoms with E-state index in [1.54, 1.807) is 6.07 Å². The number of methoxy groups -OCH3 is 1. The van der Waals surface area contributed by atoms with Crippen LogP contribution in [0.2, 0.25) is 0 Å². The zero-order valence-electron chi connectivity index (χ0n) is 8.30. The van der Waals surface area contributed by atoms with Gasteiger partial charge in [0, 0.05) is 5.56 Å². The third-order valence-corrected chi connectivity index (χ3v) is 2.07. The number of hydrogen-bond acceptors (Lipinski definition) is 2. The molecule has 0 amide bonds. The van der Waals surface area contributed by atoms with Crippen LogP contribution in [0, 0.1) is 17.1 Å². The van der Waals surface area contributed by atoms with Gasteiger partial charge < -0.3 is 4.74 Å². The Labute approximate surface area is 82.9 Å². The Morgan fingerprint density at radius 1 is 1.50 bits per heavy atom. The van der Waals surface area contributed by atoms with Gasteiger partial charge in [-0.3, -0.25) is 0 Å². The van der Waals surface area contributed by atoms with E-state index in [0.29, 0.717) is 23.3 Å². The van der Waals surface area contributed by atoms with Crippen molar-refractivity contribution in [2.45, 2.75) is 19.8 Å². The largest absolute Gasteiger partial charge is 0.496 e. The van der Waals surface area contributed by atoms with Crippen molar-refractivity contribution in [3.63, 3.8) is 0 Å². The summed E-state index contributed by atoms with van der Waals surface area (Å²) in [4.78, 5) is 0. The van der Waals surface area contributed by atoms with Crippen molar-refractivity contribution >= 4 is 0 Å². The van der Waals surface area contributed by atoms with Crippen molar-refractivity contribution in [3.05, 3.63) is 29.1 Å². The SMILES string of the molecule is CCc1c(F)cc(CC#N)cc1OC. The lowest BCUT2D eigenvalue weighted by Crippen LogP contribution is -1.97. The molecule has 0 saturated carbocycles. The standard InChI is InChI=1S/C11H12FNO/c1-3-9-10(12)6-8(4-5-13)7-11(9)14-2/h6-7H,3-4H2,1-2H3. The molecule has 0 spiro atoms. The number of benzene rings is 1. The van der Waals surface area contributed by atoms with Crippen molar-refractivity contribution in [2.75, 3.05) is 7.11 Å². The van der Waals surface area contributed by atoms with Crippen LogP contribution in [0.4, 0.5) is 4.39 Å². The van der Waals surface area contributed by atoms with E-state index in [0.717, 1.165) is 0 Å². The van der Waals surface area contributed by atoms with Gasteiger partial charge in [-0.15, -0.1) is 0 Å². The van der Waals surface area contributed by atoms with Gasteiger partial charge in [0.1, 0.15) is 11.6 Å². The van der Waals surface area contributed by atoms with Gasteiger partial charge in [0.15, 0.2) is 0 Å². The normalized spacial score (nSPS) is 9.57. The maximum absolute atomic E-state index is 13.4. The molecule has 14 heavy (non-hydrogen) atoms. The van der Waals surface area contributed by atoms with Gasteiger partial charge in [0.05, 0.1) is 19.6 Å². The Kier molecular flexibility index (Phi) is 3.47. The second kappa shape index (κ2) is 4.61. The van der Waals surface area contributed by atoms with Gasteiger partial charge in [-0.2, -0.15) is 5.26 Å². The van der Waals surface area contributed by atoms with Gasteiger partial charge >= 0.3 is 0 Å². The molecular weight excluding hydrogens is 181 g/mol. The number of halogens is 1. The zero-order chi connectivity index (χ0) is 10.6. The molecule has 1 aromatic carbocycles. The fourth-order valence-electron chi connectivity index (χ4n) is 1.38. The molecule has 74 valence electrons. The summed E-state index contributed by atoms with van der Waals surface area (Å²) in [5.41, 5.74) is 1.22. The highest BCUT2D eigenvalue weighted by molar-refractivity contribution is 5.39. The average molecular weight is 193 g/mol. The lowest BCUT2D eigenvalue weighted by atomic mass is 10.1. The third kappa shape index (κ3) is 2.02. The number of hydrogen-bond donors (Lipinski definition) is 0. The molecule has 0 saturated heterocycles. The van der Waals surface area contributed by atoms with Crippen molar-refractivity contribution in [2.24, 2.45) is 0 Å². The van der Waals surface area contributed by atoms with Gasteiger partial charge in [-0.1, -0.05) is 6.92 Å². The maximum Gasteiger partial charge on any atom is 0.130 e. The number of ether oxygens (including phenoxy) is 1. The third-order valence-electron chi connectivity index (χ3n) is 2.07. The quantitative estimate of drug-likeness (QED) is 0.738. The Balaban J connectivity index is 3.18. The lowest BCUT2D eigenvalue weighted by molar-refractivity contribution is 0.404. The highest BCUT2D eigenvalue weighted by Crippen LogP contribution is 2.24. The van der Waals surface area contributed by atoms with E-state index in [2.05, 4.69) is 0 Å². The van der Waals surface area contributed by atoms with Crippen molar-refractivity contribution < 1.29 is 9.13 Å². The molecule has 0 N–H and O–H groups in total. The van der Waals surface area contributed by atoms with Gasteiger partial charge in [0.25, 0.3) is 0 Å². The molecule has 0 heterocycles. The summed E-state index contributed by atoms with van der Waals surface area (Å²) >= 11 is 0. The predicted octanol–water partition coefficient (Wildman–Crippen LogP) is 2.46. The van der Waals surface area contributed by atoms with Gasteiger partial charge in [-0.05, 0) is 24.1 Å². The van der Waals surface area contributed by atoms with Crippen LogP contribution in [0.5, 0.6) is 5.75 Å². The molecular formula is C11H12FNO. The Morgan fingerprint density at radius 3 is 2.71 bits per heavy atom. The molecule has 0 bridgehead atoms. The van der Waals surface area contributed by atoms with E-state index in [4.69, 9.17) is 10.00 Å². The van der Waals surface area contributed by atoms with Crippen LogP contribution in [-0.4, -0.2) is 7.11 Å². The summed E-state index contributed by atoms with van der Waals surface area (Å²) in [5, 5.41) is 8.49. The van der Waals surface area contributed by atoms with E-state index in [1.807, 2.05) is 13.0 Å². The lowest BCUT2D eigenvalue weighted by Gasteiger charge is -2.09. The summed E-state index contributed by atoms with van der Waals surface area (Å²) < 4.78 is 18.5. The smallest absolute Gasteiger partial charge is 0.130 e. The number of rotatable bonds is 3. The fourth-order valence-corrected chi connectivity index (χ4v) is 1.38. The zero-order valence-corrected chi connectivity index (χ0v) is 8.30. The number of nitriles is 1. The minimum Gasteiger partial charge on any atom is -0.496 e. The topological polar surface area (TPSA) is 33.0 Å². The van der Waals surface area contributed by atoms with Crippen LogP contribution in [0.1, 0.15) is 18.1 Å². The summed E-state index contributed by atoms with van der Waals surface area (Å²) in [6, 6.07) is 5.08. The van der Waals surface area contributed by atoms with Crippen molar-refractivity contribution in [1.29, 1.82) is 5.26 Å². The molecule has 0 aliphatic rings. The average Bonchev–Trinajstić information content (AvgIpc) is 2.17. The van der Waals surface area contributed by atoms with Crippen LogP contribution in [0.3, 0.4) is 0 Å². The maximum atomic E-state index is 13.4. The van der Waals surface area contributed by atoms with Gasteiger partial charge in [0.2, 0.25) is 0 Å². The van der Waals surface area contributed by atoms with Gasteiger partial charge in [-0.25, -0.2) is 4.39 Å². The minimum atomic E-state index is -0.294. The molecule has 0 aromatic heterocycles. The van der Waals surface area contributed by atoms with E-state index < -0.39 is 0 Å². The highest BCUT2D eigenvalue weighted by Gasteiger charge is 2.09. The molecule has 0 aliphatic carbocycles. The summed E-state index contributed by atoms with van der Waals surface area (Å²) in [6.07, 6.45) is 0.791. The van der Waals surface area contributed by atoms with Crippen LogP contribution in [0.25, 0.3) is 0 Å². The molecule has 0 atom stereocenters. The Hall–Kier alpha value is -1.56. The van der Waals surface area contributed by atoms with Crippen LogP contribution in [-0.2, 0) is 12.8 Å². The minimum absolute atomic E-state index is 0.206. The van der Waals surface area contributed by atoms with Crippen LogP contribution in [0.15, 0.2) is 12.1 Å². The monoisotopic (exact) mass is 193 g/mol. The predicted molar refractivity (Wildman–Crippen MR) is 51.6 cm³/mol. The molecule has 0 aliphatic heterocycles. The fraction of sp³-hybridized carbons (Fsp3) is 0.364. The molecule has 0 radical (unpaired) electrons. The molecule has 1 aromatic rings. The molecule has 1 rings (SSSR count). The molecule has 3 heteroatoms.